The van der Waals surface area contributed by atoms with Crippen molar-refractivity contribution < 1.29 is 23.8 Å². The lowest BCUT2D eigenvalue weighted by Gasteiger charge is -2.29. The molecule has 1 unspecified atom stereocenters. The van der Waals surface area contributed by atoms with Gasteiger partial charge < -0.3 is 19.0 Å². The van der Waals surface area contributed by atoms with Crippen LogP contribution in [0.3, 0.4) is 0 Å². The van der Waals surface area contributed by atoms with Crippen LogP contribution < -0.4 is 4.74 Å². The summed E-state index contributed by atoms with van der Waals surface area (Å²) in [6.45, 7) is 4.30. The zero-order valence-electron chi connectivity index (χ0n) is 18.2. The Morgan fingerprint density at radius 2 is 2.20 bits per heavy atom. The molecule has 30 heavy (non-hydrogen) atoms. The van der Waals surface area contributed by atoms with Crippen LogP contribution in [-0.2, 0) is 16.1 Å². The minimum atomic E-state index is -0.672. The molecule has 1 N–H and O–H groups in total. The molecule has 3 rings (SSSR count). The van der Waals surface area contributed by atoms with Crippen molar-refractivity contribution >= 4 is 5.97 Å². The number of methoxy groups -OCH3 is 1. The van der Waals surface area contributed by atoms with Gasteiger partial charge in [-0.05, 0) is 63.1 Å². The van der Waals surface area contributed by atoms with E-state index in [1.807, 2.05) is 38.1 Å². The Balaban J connectivity index is 1.54. The predicted octanol–water partition coefficient (Wildman–Crippen LogP) is 5.63. The number of carboxylic acid groups (broad SMARTS) is 1. The molecule has 2 aromatic rings. The van der Waals surface area contributed by atoms with Gasteiger partial charge in [-0.3, -0.25) is 4.79 Å². The van der Waals surface area contributed by atoms with Crippen LogP contribution in [-0.4, -0.2) is 29.3 Å². The Bertz CT molecular complexity index is 831. The van der Waals surface area contributed by atoms with Crippen LogP contribution in [0.5, 0.6) is 5.75 Å². The Hall–Kier alpha value is -2.34. The normalized spacial score (nSPS) is 20.1. The zero-order valence-corrected chi connectivity index (χ0v) is 18.2. The highest BCUT2D eigenvalue weighted by atomic mass is 16.5. The Morgan fingerprint density at radius 1 is 1.37 bits per heavy atom. The maximum absolute atomic E-state index is 11.3. The van der Waals surface area contributed by atoms with E-state index < -0.39 is 5.97 Å². The van der Waals surface area contributed by atoms with E-state index in [-0.39, 0.29) is 12.0 Å². The second kappa shape index (κ2) is 10.6. The zero-order chi connectivity index (χ0) is 21.5. The molecule has 0 saturated heterocycles. The monoisotopic (exact) mass is 415 g/mol. The molecule has 1 aliphatic rings. The lowest BCUT2D eigenvalue weighted by atomic mass is 9.82. The van der Waals surface area contributed by atoms with Crippen molar-refractivity contribution in [2.24, 2.45) is 11.8 Å². The first kappa shape index (κ1) is 22.3. The molecule has 3 atom stereocenters. The molecule has 1 heterocycles. The standard InChI is InChI=1S/C24H33NO5/c1-4-18(24(26)27)12-11-17-7-5-10-21(13-17)29-15-22-16(2)30-23(25-22)19-8-6-9-20(14-19)28-3/h6,8-9,14,17-18,21H,4-5,7,10-13,15H2,1-3H3,(H,26,27)/t17-,18?,21-/m0/s1. The second-order valence-corrected chi connectivity index (χ2v) is 8.24. The van der Waals surface area contributed by atoms with Crippen molar-refractivity contribution in [3.05, 3.63) is 35.7 Å². The lowest BCUT2D eigenvalue weighted by molar-refractivity contribution is -0.142. The number of aliphatic carboxylic acids is 1. The SMILES string of the molecule is CCC(CC[C@@H]1CCC[C@H](OCc2nc(-c3cccc(OC)c3)oc2C)C1)C(=O)O. The molecule has 1 aliphatic carbocycles. The van der Waals surface area contributed by atoms with Gasteiger partial charge in [0.15, 0.2) is 0 Å². The van der Waals surface area contributed by atoms with Crippen LogP contribution >= 0.6 is 0 Å². The summed E-state index contributed by atoms with van der Waals surface area (Å²) >= 11 is 0. The average molecular weight is 416 g/mol. The number of oxazole rings is 1. The number of nitrogens with zero attached hydrogens (tertiary/aromatic N) is 1. The van der Waals surface area contributed by atoms with E-state index in [1.54, 1.807) is 7.11 Å². The Kier molecular flexibility index (Phi) is 7.91. The number of aromatic nitrogens is 1. The molecular formula is C24H33NO5. The van der Waals surface area contributed by atoms with Gasteiger partial charge in [-0.25, -0.2) is 4.98 Å². The molecule has 164 valence electrons. The van der Waals surface area contributed by atoms with Crippen LogP contribution in [0.15, 0.2) is 28.7 Å². The van der Waals surface area contributed by atoms with E-state index in [0.717, 1.165) is 54.9 Å². The van der Waals surface area contributed by atoms with Crippen molar-refractivity contribution in [3.8, 4) is 17.2 Å². The predicted molar refractivity (Wildman–Crippen MR) is 114 cm³/mol. The third-order valence-electron chi connectivity index (χ3n) is 6.17. The molecule has 0 radical (unpaired) electrons. The highest BCUT2D eigenvalue weighted by Gasteiger charge is 2.25. The van der Waals surface area contributed by atoms with E-state index in [9.17, 15) is 9.90 Å². The van der Waals surface area contributed by atoms with Crippen molar-refractivity contribution in [1.82, 2.24) is 4.98 Å². The fourth-order valence-corrected chi connectivity index (χ4v) is 4.23. The molecule has 1 fully saturated rings. The minimum Gasteiger partial charge on any atom is -0.497 e. The fraction of sp³-hybridized carbons (Fsp3) is 0.583. The summed E-state index contributed by atoms with van der Waals surface area (Å²) in [4.78, 5) is 15.9. The molecular weight excluding hydrogens is 382 g/mol. The third-order valence-corrected chi connectivity index (χ3v) is 6.17. The molecule has 0 bridgehead atoms. The van der Waals surface area contributed by atoms with Crippen LogP contribution in [0.2, 0.25) is 0 Å². The fourth-order valence-electron chi connectivity index (χ4n) is 4.23. The highest BCUT2D eigenvalue weighted by molar-refractivity contribution is 5.69. The van der Waals surface area contributed by atoms with Gasteiger partial charge in [0.25, 0.3) is 0 Å². The van der Waals surface area contributed by atoms with E-state index in [4.69, 9.17) is 13.9 Å². The number of benzene rings is 1. The molecule has 1 aromatic carbocycles. The summed E-state index contributed by atoms with van der Waals surface area (Å²) in [5, 5.41) is 9.26. The first-order valence-corrected chi connectivity index (χ1v) is 10.9. The summed E-state index contributed by atoms with van der Waals surface area (Å²) in [6, 6.07) is 7.66. The molecule has 0 aliphatic heterocycles. The van der Waals surface area contributed by atoms with Crippen LogP contribution in [0, 0.1) is 18.8 Å². The number of hydrogen-bond acceptors (Lipinski definition) is 5. The van der Waals surface area contributed by atoms with Gasteiger partial charge in [0.2, 0.25) is 5.89 Å². The van der Waals surface area contributed by atoms with E-state index in [2.05, 4.69) is 4.98 Å². The van der Waals surface area contributed by atoms with Gasteiger partial charge in [-0.15, -0.1) is 0 Å². The van der Waals surface area contributed by atoms with Crippen molar-refractivity contribution in [3.63, 3.8) is 0 Å². The number of aryl methyl sites for hydroxylation is 1. The number of carbonyl (C=O) groups is 1. The Morgan fingerprint density at radius 3 is 2.93 bits per heavy atom. The van der Waals surface area contributed by atoms with Crippen molar-refractivity contribution in [2.45, 2.75) is 71.5 Å². The number of hydrogen-bond donors (Lipinski definition) is 1. The number of rotatable bonds is 10. The topological polar surface area (TPSA) is 81.8 Å². The smallest absolute Gasteiger partial charge is 0.306 e. The average Bonchev–Trinajstić information content (AvgIpc) is 3.13. The largest absolute Gasteiger partial charge is 0.497 e. The van der Waals surface area contributed by atoms with Crippen LogP contribution in [0.1, 0.15) is 63.3 Å². The summed E-state index contributed by atoms with van der Waals surface area (Å²) in [7, 11) is 1.64. The second-order valence-electron chi connectivity index (χ2n) is 8.24. The first-order chi connectivity index (χ1) is 14.5. The maximum Gasteiger partial charge on any atom is 0.306 e. The summed E-state index contributed by atoms with van der Waals surface area (Å²) in [6.07, 6.45) is 6.96. The van der Waals surface area contributed by atoms with Crippen LogP contribution in [0.25, 0.3) is 11.5 Å². The van der Waals surface area contributed by atoms with Gasteiger partial charge in [0.05, 0.1) is 25.7 Å². The maximum atomic E-state index is 11.3. The van der Waals surface area contributed by atoms with E-state index >= 15 is 0 Å². The quantitative estimate of drug-likeness (QED) is 0.542. The lowest BCUT2D eigenvalue weighted by Crippen LogP contribution is -2.24. The molecule has 6 nitrogen and oxygen atoms in total. The van der Waals surface area contributed by atoms with Crippen LogP contribution in [0.4, 0.5) is 0 Å². The van der Waals surface area contributed by atoms with E-state index in [0.29, 0.717) is 24.8 Å². The number of carboxylic acids is 1. The van der Waals surface area contributed by atoms with Gasteiger partial charge in [0.1, 0.15) is 17.2 Å². The molecule has 0 spiro atoms. The Labute approximate surface area is 178 Å². The van der Waals surface area contributed by atoms with E-state index in [1.165, 1.54) is 6.42 Å². The number of ether oxygens (including phenoxy) is 2. The van der Waals surface area contributed by atoms with Gasteiger partial charge in [-0.1, -0.05) is 25.8 Å². The summed E-state index contributed by atoms with van der Waals surface area (Å²) < 4.78 is 17.3. The highest BCUT2D eigenvalue weighted by Crippen LogP contribution is 2.32. The van der Waals surface area contributed by atoms with Crippen molar-refractivity contribution in [1.29, 1.82) is 0 Å². The minimum absolute atomic E-state index is 0.199. The summed E-state index contributed by atoms with van der Waals surface area (Å²) in [5.74, 6) is 1.76. The van der Waals surface area contributed by atoms with Gasteiger partial charge >= 0.3 is 5.97 Å². The molecule has 1 saturated carbocycles. The van der Waals surface area contributed by atoms with Gasteiger partial charge in [0, 0.05) is 5.56 Å². The molecule has 0 amide bonds. The van der Waals surface area contributed by atoms with Crippen molar-refractivity contribution in [2.75, 3.05) is 7.11 Å². The summed E-state index contributed by atoms with van der Waals surface area (Å²) in [5.41, 5.74) is 1.71. The first-order valence-electron chi connectivity index (χ1n) is 10.9. The molecule has 1 aromatic heterocycles. The van der Waals surface area contributed by atoms with Gasteiger partial charge in [-0.2, -0.15) is 0 Å². The third kappa shape index (κ3) is 5.85. The molecule has 6 heteroatoms.